The minimum Gasteiger partial charge on any atom is -0.496 e. The second kappa shape index (κ2) is 9.41. The number of amides is 1. The van der Waals surface area contributed by atoms with Crippen LogP contribution in [0.2, 0.25) is 0 Å². The number of nitrogens with one attached hydrogen (secondary N) is 1. The number of alkyl halides is 3. The topological polar surface area (TPSA) is 58.6 Å². The van der Waals surface area contributed by atoms with Gasteiger partial charge in [-0.3, -0.25) is 4.79 Å². The van der Waals surface area contributed by atoms with Crippen molar-refractivity contribution in [2.24, 2.45) is 0 Å². The molecule has 0 aliphatic rings. The van der Waals surface area contributed by atoms with Gasteiger partial charge in [-0.1, -0.05) is 42.5 Å². The molecule has 2 N–H and O–H groups in total. The first-order valence-corrected chi connectivity index (χ1v) is 8.55. The zero-order valence-electron chi connectivity index (χ0n) is 14.9. The van der Waals surface area contributed by atoms with Gasteiger partial charge in [-0.15, -0.1) is 0 Å². The van der Waals surface area contributed by atoms with Crippen LogP contribution in [0.4, 0.5) is 13.2 Å². The molecule has 1 atom stereocenters. The predicted molar refractivity (Wildman–Crippen MR) is 95.5 cm³/mol. The van der Waals surface area contributed by atoms with E-state index in [2.05, 4.69) is 0 Å². The van der Waals surface area contributed by atoms with Gasteiger partial charge in [0, 0.05) is 6.54 Å². The number of carbonyl (C=O) groups excluding carboxylic acids is 1. The molecule has 0 saturated heterocycles. The second-order valence-corrected chi connectivity index (χ2v) is 6.12. The third-order valence-electron chi connectivity index (χ3n) is 4.17. The molecule has 0 heterocycles. The Morgan fingerprint density at radius 3 is 2.59 bits per heavy atom. The van der Waals surface area contributed by atoms with Crippen LogP contribution in [0, 0.1) is 0 Å². The summed E-state index contributed by atoms with van der Waals surface area (Å²) in [7, 11) is 1.62. The summed E-state index contributed by atoms with van der Waals surface area (Å²) in [6, 6.07) is 15.0. The molecule has 2 rings (SSSR count). The van der Waals surface area contributed by atoms with Crippen molar-refractivity contribution in [3.63, 3.8) is 0 Å². The average molecular weight is 381 g/mol. The fourth-order valence-electron chi connectivity index (χ4n) is 2.73. The number of halogens is 3. The number of para-hydroxylation sites is 1. The number of hydrogen-bond acceptors (Lipinski definition) is 3. The van der Waals surface area contributed by atoms with Gasteiger partial charge in [-0.2, -0.15) is 13.2 Å². The van der Waals surface area contributed by atoms with Gasteiger partial charge in [-0.05, 0) is 42.0 Å². The quantitative estimate of drug-likeness (QED) is 0.735. The SMILES string of the molecule is COc1ccccc1CCc1cccc(C(O)CCNC(=O)C(F)(F)F)c1. The van der Waals surface area contributed by atoms with E-state index in [1.54, 1.807) is 24.6 Å². The van der Waals surface area contributed by atoms with Gasteiger partial charge >= 0.3 is 12.1 Å². The lowest BCUT2D eigenvalue weighted by molar-refractivity contribution is -0.173. The lowest BCUT2D eigenvalue weighted by atomic mass is 9.99. The lowest BCUT2D eigenvalue weighted by Gasteiger charge is -2.14. The van der Waals surface area contributed by atoms with Gasteiger partial charge in [0.2, 0.25) is 0 Å². The number of ether oxygens (including phenoxy) is 1. The van der Waals surface area contributed by atoms with E-state index in [1.165, 1.54) is 0 Å². The zero-order valence-corrected chi connectivity index (χ0v) is 14.9. The summed E-state index contributed by atoms with van der Waals surface area (Å²) in [6.07, 6.45) is -4.39. The van der Waals surface area contributed by atoms with Crippen LogP contribution in [-0.4, -0.2) is 30.8 Å². The van der Waals surface area contributed by atoms with Crippen LogP contribution in [0.25, 0.3) is 0 Å². The monoisotopic (exact) mass is 381 g/mol. The Morgan fingerprint density at radius 2 is 1.89 bits per heavy atom. The van der Waals surface area contributed by atoms with Crippen LogP contribution in [0.1, 0.15) is 29.2 Å². The highest BCUT2D eigenvalue weighted by atomic mass is 19.4. The standard InChI is InChI=1S/C20H22F3NO3/c1-27-18-8-3-2-6-15(18)10-9-14-5-4-7-16(13-14)17(25)11-12-24-19(26)20(21,22)23/h2-8,13,17,25H,9-12H2,1H3,(H,24,26). The minimum absolute atomic E-state index is 0.00220. The van der Waals surface area contributed by atoms with Crippen LogP contribution >= 0.6 is 0 Å². The number of benzene rings is 2. The van der Waals surface area contributed by atoms with Crippen molar-refractivity contribution in [2.75, 3.05) is 13.7 Å². The van der Waals surface area contributed by atoms with E-state index in [9.17, 15) is 23.1 Å². The summed E-state index contributed by atoms with van der Waals surface area (Å²) in [4.78, 5) is 10.8. The van der Waals surface area contributed by atoms with E-state index in [0.29, 0.717) is 5.56 Å². The molecule has 1 amide bonds. The number of carbonyl (C=O) groups is 1. The summed E-state index contributed by atoms with van der Waals surface area (Å²) in [5.74, 6) is -1.19. The van der Waals surface area contributed by atoms with Crippen LogP contribution in [0.5, 0.6) is 5.75 Å². The Hall–Kier alpha value is -2.54. The molecule has 0 aliphatic carbocycles. The third kappa shape index (κ3) is 6.29. The van der Waals surface area contributed by atoms with Crippen LogP contribution in [0.15, 0.2) is 48.5 Å². The first-order valence-electron chi connectivity index (χ1n) is 8.55. The molecule has 2 aromatic carbocycles. The summed E-state index contributed by atoms with van der Waals surface area (Å²) >= 11 is 0. The van der Waals surface area contributed by atoms with Crippen molar-refractivity contribution in [3.8, 4) is 5.75 Å². The summed E-state index contributed by atoms with van der Waals surface area (Å²) in [5, 5.41) is 11.9. The molecular weight excluding hydrogens is 359 g/mol. The van der Waals surface area contributed by atoms with E-state index < -0.39 is 18.2 Å². The van der Waals surface area contributed by atoms with E-state index in [-0.39, 0.29) is 13.0 Å². The number of aliphatic hydroxyl groups is 1. The fourth-order valence-corrected chi connectivity index (χ4v) is 2.73. The number of methoxy groups -OCH3 is 1. The van der Waals surface area contributed by atoms with Crippen LogP contribution < -0.4 is 10.1 Å². The van der Waals surface area contributed by atoms with Crippen molar-refractivity contribution in [2.45, 2.75) is 31.5 Å². The molecule has 0 aromatic heterocycles. The van der Waals surface area contributed by atoms with Crippen molar-refractivity contribution in [3.05, 3.63) is 65.2 Å². The molecular formula is C20H22F3NO3. The molecule has 0 radical (unpaired) electrons. The van der Waals surface area contributed by atoms with E-state index >= 15 is 0 Å². The molecule has 1 unspecified atom stereocenters. The Bertz CT molecular complexity index is 762. The summed E-state index contributed by atoms with van der Waals surface area (Å²) < 4.78 is 41.8. The van der Waals surface area contributed by atoms with Crippen LogP contribution in [-0.2, 0) is 17.6 Å². The number of hydrogen-bond donors (Lipinski definition) is 2. The Balaban J connectivity index is 1.91. The maximum atomic E-state index is 12.1. The zero-order chi connectivity index (χ0) is 19.9. The van der Waals surface area contributed by atoms with E-state index in [0.717, 1.165) is 29.7 Å². The maximum absolute atomic E-state index is 12.1. The van der Waals surface area contributed by atoms with Crippen molar-refractivity contribution in [1.82, 2.24) is 5.32 Å². The molecule has 7 heteroatoms. The minimum atomic E-state index is -4.91. The Kier molecular flexibility index (Phi) is 7.24. The number of rotatable bonds is 8. The lowest BCUT2D eigenvalue weighted by Crippen LogP contribution is -2.37. The van der Waals surface area contributed by atoms with E-state index in [1.807, 2.05) is 36.4 Å². The molecule has 0 spiro atoms. The van der Waals surface area contributed by atoms with Gasteiger partial charge in [-0.25, -0.2) is 0 Å². The second-order valence-electron chi connectivity index (χ2n) is 6.12. The fraction of sp³-hybridized carbons (Fsp3) is 0.350. The molecule has 0 fully saturated rings. The summed E-state index contributed by atoms with van der Waals surface area (Å²) in [6.45, 7) is -0.259. The highest BCUT2D eigenvalue weighted by Gasteiger charge is 2.38. The highest BCUT2D eigenvalue weighted by Crippen LogP contribution is 2.22. The molecule has 0 aliphatic heterocycles. The molecule has 27 heavy (non-hydrogen) atoms. The molecule has 4 nitrogen and oxygen atoms in total. The van der Waals surface area contributed by atoms with Gasteiger partial charge in [0.1, 0.15) is 5.75 Å². The normalized spacial score (nSPS) is 12.5. The Morgan fingerprint density at radius 1 is 1.15 bits per heavy atom. The maximum Gasteiger partial charge on any atom is 0.471 e. The van der Waals surface area contributed by atoms with E-state index in [4.69, 9.17) is 4.74 Å². The molecule has 0 bridgehead atoms. The largest absolute Gasteiger partial charge is 0.496 e. The predicted octanol–water partition coefficient (Wildman–Crippen LogP) is 3.58. The molecule has 0 saturated carbocycles. The average Bonchev–Trinajstić information content (AvgIpc) is 2.65. The van der Waals surface area contributed by atoms with Crippen molar-refractivity contribution >= 4 is 5.91 Å². The first-order chi connectivity index (χ1) is 12.8. The van der Waals surface area contributed by atoms with Gasteiger partial charge in [0.05, 0.1) is 13.2 Å². The van der Waals surface area contributed by atoms with Crippen molar-refractivity contribution in [1.29, 1.82) is 0 Å². The Labute approximate surface area is 156 Å². The molecule has 146 valence electrons. The van der Waals surface area contributed by atoms with Gasteiger partial charge in [0.25, 0.3) is 0 Å². The third-order valence-corrected chi connectivity index (χ3v) is 4.17. The number of aryl methyl sites for hydroxylation is 2. The van der Waals surface area contributed by atoms with Gasteiger partial charge < -0.3 is 15.2 Å². The summed E-state index contributed by atoms with van der Waals surface area (Å²) in [5.41, 5.74) is 2.67. The van der Waals surface area contributed by atoms with Crippen LogP contribution in [0.3, 0.4) is 0 Å². The smallest absolute Gasteiger partial charge is 0.471 e. The highest BCUT2D eigenvalue weighted by molar-refractivity contribution is 5.81. The first kappa shape index (κ1) is 20.8. The van der Waals surface area contributed by atoms with Gasteiger partial charge in [0.15, 0.2) is 0 Å². The number of aliphatic hydroxyl groups excluding tert-OH is 1. The van der Waals surface area contributed by atoms with Crippen molar-refractivity contribution < 1.29 is 27.8 Å². The molecule has 2 aromatic rings.